The van der Waals surface area contributed by atoms with Crippen molar-refractivity contribution >= 4 is 40.0 Å². The van der Waals surface area contributed by atoms with E-state index in [0.29, 0.717) is 36.7 Å². The van der Waals surface area contributed by atoms with Gasteiger partial charge in [0.15, 0.2) is 0 Å². The maximum atomic E-state index is 15.4. The Bertz CT molecular complexity index is 2910. The second-order valence-corrected chi connectivity index (χ2v) is 20.1. The van der Waals surface area contributed by atoms with Crippen LogP contribution in [0.25, 0.3) is 10.8 Å². The molecule has 74 heavy (non-hydrogen) atoms. The summed E-state index contributed by atoms with van der Waals surface area (Å²) in [5.74, 6) is -0.341. The van der Waals surface area contributed by atoms with Gasteiger partial charge < -0.3 is 34.0 Å². The maximum absolute atomic E-state index is 15.4. The third-order valence-electron chi connectivity index (χ3n) is 14.3. The smallest absolute Gasteiger partial charge is 0.416 e. The number of ether oxygens (including phenoxy) is 4. The van der Waals surface area contributed by atoms with Crippen LogP contribution in [-0.4, -0.2) is 75.9 Å². The number of oxime groups is 1. The van der Waals surface area contributed by atoms with Crippen LogP contribution in [0.2, 0.25) is 0 Å². The van der Waals surface area contributed by atoms with E-state index in [1.165, 1.54) is 24.3 Å². The summed E-state index contributed by atoms with van der Waals surface area (Å²) in [4.78, 5) is 35.8. The predicted octanol–water partition coefficient (Wildman–Crippen LogP) is 12.5. The zero-order chi connectivity index (χ0) is 51.3. The van der Waals surface area contributed by atoms with E-state index in [0.717, 1.165) is 69.4 Å². The molecule has 13 nitrogen and oxygen atoms in total. The van der Waals surface area contributed by atoms with Gasteiger partial charge in [-0.05, 0) is 107 Å². The second-order valence-electron chi connectivity index (χ2n) is 18.9. The van der Waals surface area contributed by atoms with Crippen molar-refractivity contribution in [2.24, 2.45) is 22.9 Å². The molecule has 9 rings (SSSR count). The molecule has 1 heterocycles. The lowest BCUT2D eigenvalue weighted by Gasteiger charge is -2.59. The maximum Gasteiger partial charge on any atom is 0.416 e. The number of thioether (sulfide) groups is 1. The Labute approximate surface area is 436 Å². The van der Waals surface area contributed by atoms with E-state index in [1.807, 2.05) is 103 Å². The summed E-state index contributed by atoms with van der Waals surface area (Å²) >= 11 is 1.73. The van der Waals surface area contributed by atoms with E-state index < -0.39 is 28.8 Å². The molecule has 1 fully saturated rings. The van der Waals surface area contributed by atoms with Crippen LogP contribution in [0.3, 0.4) is 0 Å². The minimum absolute atomic E-state index is 0.0150. The lowest BCUT2D eigenvalue weighted by molar-refractivity contribution is -0.384. The zero-order valence-corrected chi connectivity index (χ0v) is 42.2. The minimum Gasteiger partial charge on any atom is -0.493 e. The number of nitro benzene ring substituents is 1. The normalized spacial score (nSPS) is 21.1. The van der Waals surface area contributed by atoms with Gasteiger partial charge in [-0.3, -0.25) is 15.0 Å². The number of fused-ring (bicyclic) bond motifs is 3. The summed E-state index contributed by atoms with van der Waals surface area (Å²) in [5, 5.41) is 38.8. The topological polar surface area (TPSA) is 162 Å². The number of amides is 1. The molecule has 0 radical (unpaired) electrons. The first-order valence-electron chi connectivity index (χ1n) is 25.5. The molecular formula is C60H63N3O10S. The number of hydrogen-bond donors (Lipinski definition) is 2. The summed E-state index contributed by atoms with van der Waals surface area (Å²) in [6.45, 7) is 5.01. The summed E-state index contributed by atoms with van der Waals surface area (Å²) in [5.41, 5.74) is 4.09. The fourth-order valence-electron chi connectivity index (χ4n) is 11.0. The first-order chi connectivity index (χ1) is 36.3. The molecule has 2 aliphatic carbocycles. The standard InChI is InChI=1S/C60H63N3O10S/c1-2-34-70-60-56(62(40-45-21-15-20-43-18-9-10-24-50(43)45)59(66)72-47-28-26-46(27-29-47)63(67)68)39-54(61-71-41-42-16-5-3-6-17-42)52-37-44(19-11-13-32-64)51(25-12-14-33-65)57(58(52)60)53-38-48(30-31-55(53)73-60)69-35-36-74-49-22-7-4-8-23-49/h2-10,15-18,20-24,26-31,37-38,44,51,56-58,64-65H,1,11-14,19,25,32-36,39-41H2/t44-,51+,56-,57+,58+,60+/m0/s1. The number of unbranched alkanes of at least 4 members (excludes halogenated alkanes) is 2. The molecule has 384 valence electrons. The van der Waals surface area contributed by atoms with Gasteiger partial charge in [0.05, 0.1) is 36.3 Å². The number of carbonyl (C=O) groups is 1. The van der Waals surface area contributed by atoms with Crippen LogP contribution in [0.4, 0.5) is 10.5 Å². The summed E-state index contributed by atoms with van der Waals surface area (Å²) in [6, 6.07) is 44.5. The number of allylic oxidation sites excluding steroid dienone is 1. The highest BCUT2D eigenvalue weighted by molar-refractivity contribution is 7.99. The summed E-state index contributed by atoms with van der Waals surface area (Å²) in [6.07, 6.45) is 7.75. The molecule has 0 bridgehead atoms. The Morgan fingerprint density at radius 1 is 0.865 bits per heavy atom. The second kappa shape index (κ2) is 24.8. The SMILES string of the molecule is C=CCO[C@@]12Oc3ccc(OCCSc4ccccc4)cc3[C@H]3[C@H](CCCCO)[C@@H](CCCCO)C=C(C(=NOCc4ccccc4)C[C@@H]1N(Cc1cccc4ccccc14)C(=O)Oc1ccc([N+](=O)[O-])cc1)[C@H]32. The highest BCUT2D eigenvalue weighted by Gasteiger charge is 2.66. The average Bonchev–Trinajstić information content (AvgIpc) is 3.42. The number of aliphatic hydroxyl groups is 2. The third kappa shape index (κ3) is 11.8. The van der Waals surface area contributed by atoms with Gasteiger partial charge in [-0.2, -0.15) is 0 Å². The minimum atomic E-state index is -1.59. The van der Waals surface area contributed by atoms with Crippen molar-refractivity contribution in [2.45, 2.75) is 80.7 Å². The first-order valence-corrected chi connectivity index (χ1v) is 26.5. The van der Waals surface area contributed by atoms with E-state index in [2.05, 4.69) is 30.9 Å². The van der Waals surface area contributed by atoms with E-state index >= 15 is 4.79 Å². The fourth-order valence-corrected chi connectivity index (χ4v) is 11.8. The number of hydrogen-bond acceptors (Lipinski definition) is 12. The van der Waals surface area contributed by atoms with Crippen LogP contribution in [0.1, 0.15) is 67.6 Å². The lowest BCUT2D eigenvalue weighted by atomic mass is 9.55. The van der Waals surface area contributed by atoms with Gasteiger partial charge in [0.2, 0.25) is 5.79 Å². The molecule has 0 aromatic heterocycles. The molecule has 1 aliphatic heterocycles. The summed E-state index contributed by atoms with van der Waals surface area (Å²) in [7, 11) is 0. The Kier molecular flexibility index (Phi) is 17.4. The number of rotatable bonds is 24. The van der Waals surface area contributed by atoms with E-state index in [9.17, 15) is 20.3 Å². The monoisotopic (exact) mass is 1020 g/mol. The number of non-ortho nitro benzene ring substituents is 1. The van der Waals surface area contributed by atoms with Crippen molar-refractivity contribution in [3.63, 3.8) is 0 Å². The van der Waals surface area contributed by atoms with E-state index in [-0.39, 0.29) is 68.6 Å². The molecule has 6 aromatic carbocycles. The fraction of sp³-hybridized carbons (Fsp3) is 0.333. The molecule has 6 aromatic rings. The molecule has 0 unspecified atom stereocenters. The molecule has 0 saturated heterocycles. The Morgan fingerprint density at radius 3 is 2.34 bits per heavy atom. The van der Waals surface area contributed by atoms with Gasteiger partial charge >= 0.3 is 6.09 Å². The number of benzene rings is 6. The van der Waals surface area contributed by atoms with Gasteiger partial charge in [-0.1, -0.05) is 121 Å². The molecule has 1 saturated carbocycles. The van der Waals surface area contributed by atoms with Crippen molar-refractivity contribution in [1.82, 2.24) is 4.90 Å². The Morgan fingerprint density at radius 2 is 1.58 bits per heavy atom. The average molecular weight is 1020 g/mol. The lowest BCUT2D eigenvalue weighted by Crippen LogP contribution is -2.70. The highest BCUT2D eigenvalue weighted by atomic mass is 32.2. The molecule has 2 N–H and O–H groups in total. The number of nitro groups is 1. The Hall–Kier alpha value is -6.97. The van der Waals surface area contributed by atoms with Crippen molar-refractivity contribution in [3.8, 4) is 17.2 Å². The van der Waals surface area contributed by atoms with E-state index in [1.54, 1.807) is 22.7 Å². The molecule has 3 aliphatic rings. The van der Waals surface area contributed by atoms with Gasteiger partial charge in [0.25, 0.3) is 5.69 Å². The van der Waals surface area contributed by atoms with Crippen molar-refractivity contribution in [3.05, 3.63) is 197 Å². The molecule has 0 spiro atoms. The zero-order valence-electron chi connectivity index (χ0n) is 41.4. The van der Waals surface area contributed by atoms with Crippen LogP contribution in [-0.2, 0) is 22.7 Å². The molecule has 6 atom stereocenters. The molecular weight excluding hydrogens is 955 g/mol. The highest BCUT2D eigenvalue weighted by Crippen LogP contribution is 2.62. The largest absolute Gasteiger partial charge is 0.493 e. The number of carbonyl (C=O) groups excluding carboxylic acids is 1. The molecule has 14 heteroatoms. The third-order valence-corrected chi connectivity index (χ3v) is 15.3. The van der Waals surface area contributed by atoms with Gasteiger partial charge in [0, 0.05) is 53.9 Å². The van der Waals surface area contributed by atoms with Crippen LogP contribution in [0.15, 0.2) is 180 Å². The van der Waals surface area contributed by atoms with Crippen LogP contribution >= 0.6 is 11.8 Å². The van der Waals surface area contributed by atoms with Gasteiger partial charge in [-0.15, -0.1) is 18.3 Å². The van der Waals surface area contributed by atoms with Gasteiger partial charge in [-0.25, -0.2) is 4.79 Å². The van der Waals surface area contributed by atoms with Crippen molar-refractivity contribution < 1.29 is 43.7 Å². The van der Waals surface area contributed by atoms with Crippen molar-refractivity contribution in [2.75, 3.05) is 32.2 Å². The van der Waals surface area contributed by atoms with Crippen LogP contribution < -0.4 is 14.2 Å². The van der Waals surface area contributed by atoms with Crippen molar-refractivity contribution in [1.29, 1.82) is 0 Å². The van der Waals surface area contributed by atoms with Gasteiger partial charge in [0.1, 0.15) is 29.9 Å². The van der Waals surface area contributed by atoms with E-state index in [4.69, 9.17) is 28.9 Å². The van der Waals surface area contributed by atoms with Crippen LogP contribution in [0, 0.1) is 27.9 Å². The number of nitrogens with zero attached hydrogens (tertiary/aromatic N) is 3. The Balaban J connectivity index is 1.22. The summed E-state index contributed by atoms with van der Waals surface area (Å²) < 4.78 is 27.6. The number of aliphatic hydroxyl groups excluding tert-OH is 2. The van der Waals surface area contributed by atoms with Crippen LogP contribution in [0.5, 0.6) is 17.2 Å². The quantitative estimate of drug-likeness (QED) is 0.0195. The predicted molar refractivity (Wildman–Crippen MR) is 287 cm³/mol. The first kappa shape index (κ1) is 51.9. The molecule has 1 amide bonds.